The second kappa shape index (κ2) is 6.13. The van der Waals surface area contributed by atoms with Crippen LogP contribution in [0, 0.1) is 12.9 Å². The van der Waals surface area contributed by atoms with Gasteiger partial charge in [-0.15, -0.1) is 11.3 Å². The zero-order chi connectivity index (χ0) is 16.4. The molecule has 0 saturated carbocycles. The van der Waals surface area contributed by atoms with Gasteiger partial charge in [0.25, 0.3) is 5.91 Å². The van der Waals surface area contributed by atoms with E-state index >= 15 is 0 Å². The minimum atomic E-state index is -0.547. The second-order valence-corrected chi connectivity index (χ2v) is 5.61. The van der Waals surface area contributed by atoms with Gasteiger partial charge in [0, 0.05) is 13.1 Å². The molecule has 0 atom stereocenters. The van der Waals surface area contributed by atoms with Crippen LogP contribution in [0.15, 0.2) is 33.2 Å². The molecule has 0 unspecified atom stereocenters. The Morgan fingerprint density at radius 3 is 3.04 bits per heavy atom. The van der Waals surface area contributed by atoms with E-state index in [0.29, 0.717) is 11.5 Å². The molecule has 0 aliphatic heterocycles. The minimum absolute atomic E-state index is 0.0916. The maximum Gasteiger partial charge on any atom is 0.293 e. The lowest BCUT2D eigenvalue weighted by atomic mass is 10.3. The summed E-state index contributed by atoms with van der Waals surface area (Å²) in [5.74, 6) is -0.569. The topological polar surface area (TPSA) is 85.3 Å². The van der Waals surface area contributed by atoms with E-state index in [2.05, 4.69) is 20.8 Å². The Kier molecular flexibility index (Phi) is 4.02. The summed E-state index contributed by atoms with van der Waals surface area (Å²) in [5, 5.41) is 13.2. The van der Waals surface area contributed by atoms with Gasteiger partial charge in [-0.2, -0.15) is 14.6 Å². The van der Waals surface area contributed by atoms with Crippen LogP contribution in [-0.4, -0.2) is 27.1 Å². The van der Waals surface area contributed by atoms with E-state index < -0.39 is 11.9 Å². The van der Waals surface area contributed by atoms with Crippen molar-refractivity contribution < 1.29 is 13.7 Å². The predicted octanol–water partition coefficient (Wildman–Crippen LogP) is 2.35. The Hall–Kier alpha value is -2.81. The fourth-order valence-corrected chi connectivity index (χ4v) is 2.60. The summed E-state index contributed by atoms with van der Waals surface area (Å²) in [6.07, 6.45) is 1.20. The molecule has 9 heteroatoms. The van der Waals surface area contributed by atoms with E-state index in [1.165, 1.54) is 30.7 Å². The Morgan fingerprint density at radius 1 is 1.57 bits per heavy atom. The summed E-state index contributed by atoms with van der Waals surface area (Å²) < 4.78 is 19.9. The van der Waals surface area contributed by atoms with Gasteiger partial charge in [-0.05, 0) is 18.4 Å². The van der Waals surface area contributed by atoms with Crippen LogP contribution in [0.25, 0.3) is 10.6 Å². The fourth-order valence-electron chi connectivity index (χ4n) is 1.92. The SMILES string of the molecule is Cc1nn(C)c(F)c1/C=N/NC(=O)c1cc(-c2cccs2)on1. The van der Waals surface area contributed by atoms with Gasteiger partial charge in [-0.3, -0.25) is 4.79 Å². The Bertz CT molecular complexity index is 866. The summed E-state index contributed by atoms with van der Waals surface area (Å²) in [6.45, 7) is 1.65. The molecule has 0 saturated heterocycles. The third kappa shape index (κ3) is 3.04. The van der Waals surface area contributed by atoms with Gasteiger partial charge in [0.15, 0.2) is 11.5 Å². The highest BCUT2D eigenvalue weighted by Crippen LogP contribution is 2.24. The molecular formula is C14H12FN5O2S. The largest absolute Gasteiger partial charge is 0.355 e. The Labute approximate surface area is 134 Å². The van der Waals surface area contributed by atoms with Crippen molar-refractivity contribution in [3.8, 4) is 10.6 Å². The normalized spacial score (nSPS) is 11.3. The second-order valence-electron chi connectivity index (χ2n) is 4.67. The lowest BCUT2D eigenvalue weighted by molar-refractivity contribution is 0.0946. The standard InChI is InChI=1S/C14H12FN5O2S/c1-8-9(13(15)20(2)18-8)7-16-17-14(21)10-6-11(22-19-10)12-4-3-5-23-12/h3-7H,1-2H3,(H,17,21)/b16-7+. The minimum Gasteiger partial charge on any atom is -0.355 e. The number of amides is 1. The van der Waals surface area contributed by atoms with Crippen molar-refractivity contribution in [3.05, 3.63) is 46.5 Å². The molecule has 3 heterocycles. The van der Waals surface area contributed by atoms with Gasteiger partial charge >= 0.3 is 0 Å². The van der Waals surface area contributed by atoms with Crippen molar-refractivity contribution in [1.82, 2.24) is 20.4 Å². The molecule has 0 fully saturated rings. The quantitative estimate of drug-likeness (QED) is 0.586. The van der Waals surface area contributed by atoms with Gasteiger partial charge in [0.1, 0.15) is 0 Å². The molecule has 0 aliphatic rings. The molecule has 3 aromatic heterocycles. The first-order chi connectivity index (χ1) is 11.1. The lowest BCUT2D eigenvalue weighted by Crippen LogP contribution is -2.18. The van der Waals surface area contributed by atoms with Crippen LogP contribution in [0.1, 0.15) is 21.7 Å². The smallest absolute Gasteiger partial charge is 0.293 e. The number of nitrogens with one attached hydrogen (secondary N) is 1. The van der Waals surface area contributed by atoms with Crippen molar-refractivity contribution in [3.63, 3.8) is 0 Å². The van der Waals surface area contributed by atoms with E-state index in [9.17, 15) is 9.18 Å². The first kappa shape index (κ1) is 15.1. The van der Waals surface area contributed by atoms with Crippen molar-refractivity contribution in [2.24, 2.45) is 12.1 Å². The van der Waals surface area contributed by atoms with Gasteiger partial charge in [0.05, 0.1) is 22.3 Å². The molecule has 23 heavy (non-hydrogen) atoms. The van der Waals surface area contributed by atoms with Crippen LogP contribution in [0.2, 0.25) is 0 Å². The van der Waals surface area contributed by atoms with Crippen LogP contribution >= 0.6 is 11.3 Å². The zero-order valence-corrected chi connectivity index (χ0v) is 13.1. The summed E-state index contributed by atoms with van der Waals surface area (Å²) in [5.41, 5.74) is 3.06. The monoisotopic (exact) mass is 333 g/mol. The fraction of sp³-hybridized carbons (Fsp3) is 0.143. The number of nitrogens with zero attached hydrogens (tertiary/aromatic N) is 4. The van der Waals surface area contributed by atoms with E-state index in [4.69, 9.17) is 4.52 Å². The number of hydrogen-bond donors (Lipinski definition) is 1. The predicted molar refractivity (Wildman–Crippen MR) is 82.8 cm³/mol. The maximum atomic E-state index is 13.7. The molecule has 7 nitrogen and oxygen atoms in total. The third-order valence-corrected chi connectivity index (χ3v) is 3.95. The van der Waals surface area contributed by atoms with Crippen LogP contribution < -0.4 is 5.43 Å². The summed E-state index contributed by atoms with van der Waals surface area (Å²) in [7, 11) is 1.49. The molecule has 0 aliphatic carbocycles. The molecule has 3 aromatic rings. The summed E-state index contributed by atoms with van der Waals surface area (Å²) >= 11 is 1.48. The summed E-state index contributed by atoms with van der Waals surface area (Å²) in [6, 6.07) is 5.25. The van der Waals surface area contributed by atoms with Crippen molar-refractivity contribution in [1.29, 1.82) is 0 Å². The molecule has 0 spiro atoms. The van der Waals surface area contributed by atoms with Gasteiger partial charge in [-0.25, -0.2) is 10.1 Å². The number of aryl methyl sites for hydroxylation is 2. The van der Waals surface area contributed by atoms with Crippen LogP contribution in [0.4, 0.5) is 4.39 Å². The zero-order valence-electron chi connectivity index (χ0n) is 12.3. The average molecular weight is 333 g/mol. The highest BCUT2D eigenvalue weighted by molar-refractivity contribution is 7.13. The van der Waals surface area contributed by atoms with Crippen molar-refractivity contribution in [2.45, 2.75) is 6.92 Å². The van der Waals surface area contributed by atoms with Gasteiger partial charge in [-0.1, -0.05) is 11.2 Å². The number of thiophene rings is 1. The third-order valence-electron chi connectivity index (χ3n) is 3.06. The average Bonchev–Trinajstić information content (AvgIpc) is 3.23. The van der Waals surface area contributed by atoms with Gasteiger partial charge < -0.3 is 4.52 Å². The first-order valence-corrected chi connectivity index (χ1v) is 7.47. The number of halogens is 1. The van der Waals surface area contributed by atoms with E-state index in [-0.39, 0.29) is 11.3 Å². The molecule has 3 rings (SSSR count). The van der Waals surface area contributed by atoms with E-state index in [1.807, 2.05) is 17.5 Å². The Balaban J connectivity index is 1.69. The molecule has 118 valence electrons. The van der Waals surface area contributed by atoms with Crippen LogP contribution in [-0.2, 0) is 7.05 Å². The first-order valence-electron chi connectivity index (χ1n) is 6.59. The maximum absolute atomic E-state index is 13.7. The molecule has 1 N–H and O–H groups in total. The highest BCUT2D eigenvalue weighted by atomic mass is 32.1. The van der Waals surface area contributed by atoms with Crippen molar-refractivity contribution >= 4 is 23.5 Å². The molecule has 1 amide bonds. The molecular weight excluding hydrogens is 321 g/mol. The number of rotatable bonds is 4. The number of hydrogen-bond acceptors (Lipinski definition) is 6. The van der Waals surface area contributed by atoms with Crippen LogP contribution in [0.3, 0.4) is 0 Å². The van der Waals surface area contributed by atoms with E-state index in [0.717, 1.165) is 9.56 Å². The number of aromatic nitrogens is 3. The van der Waals surface area contributed by atoms with Crippen molar-refractivity contribution in [2.75, 3.05) is 0 Å². The molecule has 0 aromatic carbocycles. The number of carbonyl (C=O) groups is 1. The number of hydrazone groups is 1. The van der Waals surface area contributed by atoms with Gasteiger partial charge in [0.2, 0.25) is 5.95 Å². The van der Waals surface area contributed by atoms with Crippen LogP contribution in [0.5, 0.6) is 0 Å². The molecule has 0 bridgehead atoms. The Morgan fingerprint density at radius 2 is 2.39 bits per heavy atom. The summed E-state index contributed by atoms with van der Waals surface area (Å²) in [4.78, 5) is 12.8. The van der Waals surface area contributed by atoms with E-state index in [1.54, 1.807) is 6.92 Å². The highest BCUT2D eigenvalue weighted by Gasteiger charge is 2.14. The lowest BCUT2D eigenvalue weighted by Gasteiger charge is -1.94. The number of carbonyl (C=O) groups excluding carboxylic acids is 1. The molecule has 0 radical (unpaired) electrons.